The highest BCUT2D eigenvalue weighted by Gasteiger charge is 2.22. The molecule has 1 fully saturated rings. The SMILES string of the molecule is CN=C(NCc1ccc(N2CC(C)OC(C)C2)nc1)NCC(C)COCc1ccccc1. The molecule has 2 N–H and O–H groups in total. The third-order valence-electron chi connectivity index (χ3n) is 5.37. The quantitative estimate of drug-likeness (QED) is 0.462. The fourth-order valence-electron chi connectivity index (χ4n) is 3.76. The van der Waals surface area contributed by atoms with Gasteiger partial charge in [-0.1, -0.05) is 43.3 Å². The highest BCUT2D eigenvalue weighted by molar-refractivity contribution is 5.79. The second-order valence-electron chi connectivity index (χ2n) is 8.60. The number of hydrogen-bond acceptors (Lipinski definition) is 5. The van der Waals surface area contributed by atoms with E-state index in [4.69, 9.17) is 9.47 Å². The van der Waals surface area contributed by atoms with Crippen LogP contribution in [-0.2, 0) is 22.6 Å². The first-order valence-corrected chi connectivity index (χ1v) is 11.4. The summed E-state index contributed by atoms with van der Waals surface area (Å²) < 4.78 is 11.6. The molecular formula is C25H37N5O2. The fourth-order valence-corrected chi connectivity index (χ4v) is 3.76. The fraction of sp³-hybridized carbons (Fsp3) is 0.520. The van der Waals surface area contributed by atoms with Gasteiger partial charge in [-0.25, -0.2) is 4.98 Å². The third-order valence-corrected chi connectivity index (χ3v) is 5.37. The Kier molecular flexibility index (Phi) is 9.31. The van der Waals surface area contributed by atoms with Crippen molar-refractivity contribution in [2.45, 2.75) is 46.1 Å². The minimum Gasteiger partial charge on any atom is -0.376 e. The van der Waals surface area contributed by atoms with Crippen LogP contribution in [0.4, 0.5) is 5.82 Å². The summed E-state index contributed by atoms with van der Waals surface area (Å²) in [5.74, 6) is 2.15. The molecule has 3 rings (SSSR count). The van der Waals surface area contributed by atoms with E-state index >= 15 is 0 Å². The summed E-state index contributed by atoms with van der Waals surface area (Å²) in [6.07, 6.45) is 2.38. The Morgan fingerprint density at radius 2 is 1.88 bits per heavy atom. The topological polar surface area (TPSA) is 71.0 Å². The Labute approximate surface area is 192 Å². The van der Waals surface area contributed by atoms with Crippen molar-refractivity contribution in [2.75, 3.05) is 38.2 Å². The molecule has 0 aliphatic carbocycles. The largest absolute Gasteiger partial charge is 0.376 e. The summed E-state index contributed by atoms with van der Waals surface area (Å²) in [4.78, 5) is 11.3. The van der Waals surface area contributed by atoms with Crippen LogP contribution in [0.25, 0.3) is 0 Å². The maximum absolute atomic E-state index is 5.83. The number of rotatable bonds is 9. The molecule has 0 amide bonds. The van der Waals surface area contributed by atoms with Crippen molar-refractivity contribution in [3.05, 3.63) is 59.8 Å². The van der Waals surface area contributed by atoms with Gasteiger partial charge < -0.3 is 25.0 Å². The number of guanidine groups is 1. The van der Waals surface area contributed by atoms with Crippen LogP contribution >= 0.6 is 0 Å². The van der Waals surface area contributed by atoms with E-state index < -0.39 is 0 Å². The van der Waals surface area contributed by atoms with Crippen LogP contribution in [0.15, 0.2) is 53.7 Å². The van der Waals surface area contributed by atoms with E-state index in [-0.39, 0.29) is 12.2 Å². The van der Waals surface area contributed by atoms with E-state index in [2.05, 4.69) is 70.5 Å². The van der Waals surface area contributed by atoms with Gasteiger partial charge in [0.05, 0.1) is 25.4 Å². The van der Waals surface area contributed by atoms with E-state index in [1.807, 2.05) is 24.4 Å². The molecule has 1 aromatic heterocycles. The van der Waals surface area contributed by atoms with Crippen LogP contribution in [0, 0.1) is 5.92 Å². The predicted octanol–water partition coefficient (Wildman–Crippen LogP) is 3.21. The first-order valence-electron chi connectivity index (χ1n) is 11.4. The number of pyridine rings is 1. The van der Waals surface area contributed by atoms with Gasteiger partial charge in [-0.05, 0) is 37.0 Å². The smallest absolute Gasteiger partial charge is 0.191 e. The van der Waals surface area contributed by atoms with Gasteiger partial charge in [0.1, 0.15) is 5.82 Å². The van der Waals surface area contributed by atoms with Gasteiger partial charge in [-0.15, -0.1) is 0 Å². The van der Waals surface area contributed by atoms with Crippen molar-refractivity contribution in [1.29, 1.82) is 0 Å². The molecule has 1 aliphatic rings. The number of nitrogens with one attached hydrogen (secondary N) is 2. The summed E-state index contributed by atoms with van der Waals surface area (Å²) in [6.45, 7) is 10.9. The third kappa shape index (κ3) is 7.80. The van der Waals surface area contributed by atoms with Crippen molar-refractivity contribution in [3.8, 4) is 0 Å². The lowest BCUT2D eigenvalue weighted by molar-refractivity contribution is -0.00545. The molecule has 1 aliphatic heterocycles. The van der Waals surface area contributed by atoms with E-state index in [9.17, 15) is 0 Å². The van der Waals surface area contributed by atoms with Gasteiger partial charge in [-0.2, -0.15) is 0 Å². The van der Waals surface area contributed by atoms with Gasteiger partial charge in [0.2, 0.25) is 0 Å². The zero-order chi connectivity index (χ0) is 22.8. The van der Waals surface area contributed by atoms with Crippen molar-refractivity contribution in [3.63, 3.8) is 0 Å². The maximum atomic E-state index is 5.83. The second-order valence-corrected chi connectivity index (χ2v) is 8.60. The molecule has 0 radical (unpaired) electrons. The van der Waals surface area contributed by atoms with Crippen LogP contribution in [0.1, 0.15) is 31.9 Å². The minimum atomic E-state index is 0.224. The predicted molar refractivity (Wildman–Crippen MR) is 130 cm³/mol. The first kappa shape index (κ1) is 24.0. The first-order chi connectivity index (χ1) is 15.5. The molecule has 32 heavy (non-hydrogen) atoms. The summed E-state index contributed by atoms with van der Waals surface area (Å²) in [5, 5.41) is 6.74. The van der Waals surface area contributed by atoms with Gasteiger partial charge in [0.15, 0.2) is 5.96 Å². The number of aliphatic imine (C=N–C) groups is 1. The van der Waals surface area contributed by atoms with Gasteiger partial charge in [-0.3, -0.25) is 4.99 Å². The molecule has 3 atom stereocenters. The van der Waals surface area contributed by atoms with Crippen LogP contribution in [-0.4, -0.2) is 56.4 Å². The van der Waals surface area contributed by atoms with Crippen LogP contribution in [0.2, 0.25) is 0 Å². The molecule has 1 saturated heterocycles. The van der Waals surface area contributed by atoms with Crippen LogP contribution in [0.5, 0.6) is 0 Å². The number of benzene rings is 1. The Bertz CT molecular complexity index is 818. The van der Waals surface area contributed by atoms with Crippen LogP contribution in [0.3, 0.4) is 0 Å². The van der Waals surface area contributed by atoms with E-state index in [1.54, 1.807) is 7.05 Å². The Morgan fingerprint density at radius 3 is 2.53 bits per heavy atom. The lowest BCUT2D eigenvalue weighted by Crippen LogP contribution is -2.45. The molecule has 3 unspecified atom stereocenters. The van der Waals surface area contributed by atoms with Gasteiger partial charge >= 0.3 is 0 Å². The molecule has 1 aromatic carbocycles. The van der Waals surface area contributed by atoms with Crippen molar-refractivity contribution < 1.29 is 9.47 Å². The molecule has 2 aromatic rings. The van der Waals surface area contributed by atoms with Crippen molar-refractivity contribution in [2.24, 2.45) is 10.9 Å². The Morgan fingerprint density at radius 1 is 1.12 bits per heavy atom. The van der Waals surface area contributed by atoms with E-state index in [1.165, 1.54) is 5.56 Å². The summed E-state index contributed by atoms with van der Waals surface area (Å²) in [7, 11) is 1.79. The molecule has 7 heteroatoms. The maximum Gasteiger partial charge on any atom is 0.191 e. The van der Waals surface area contributed by atoms with E-state index in [0.29, 0.717) is 25.7 Å². The van der Waals surface area contributed by atoms with Gasteiger partial charge in [0, 0.05) is 39.4 Å². The second kappa shape index (κ2) is 12.4. The number of aromatic nitrogens is 1. The molecule has 2 heterocycles. The molecule has 174 valence electrons. The highest BCUT2D eigenvalue weighted by Crippen LogP contribution is 2.18. The summed E-state index contributed by atoms with van der Waals surface area (Å²) in [6, 6.07) is 14.5. The van der Waals surface area contributed by atoms with Crippen LogP contribution < -0.4 is 15.5 Å². The summed E-state index contributed by atoms with van der Waals surface area (Å²) >= 11 is 0. The Balaban J connectivity index is 1.37. The van der Waals surface area contributed by atoms with Gasteiger partial charge in [0.25, 0.3) is 0 Å². The van der Waals surface area contributed by atoms with E-state index in [0.717, 1.165) is 37.0 Å². The minimum absolute atomic E-state index is 0.224. The van der Waals surface area contributed by atoms with Crippen molar-refractivity contribution >= 4 is 11.8 Å². The molecular weight excluding hydrogens is 402 g/mol. The summed E-state index contributed by atoms with van der Waals surface area (Å²) in [5.41, 5.74) is 2.31. The molecule has 0 bridgehead atoms. The number of hydrogen-bond donors (Lipinski definition) is 2. The molecule has 0 spiro atoms. The van der Waals surface area contributed by atoms with Crippen molar-refractivity contribution in [1.82, 2.24) is 15.6 Å². The average molecular weight is 440 g/mol. The number of ether oxygens (including phenoxy) is 2. The number of anilines is 1. The number of morpholine rings is 1. The zero-order valence-electron chi connectivity index (χ0n) is 19.8. The highest BCUT2D eigenvalue weighted by atomic mass is 16.5. The molecule has 7 nitrogen and oxygen atoms in total. The lowest BCUT2D eigenvalue weighted by Gasteiger charge is -2.36. The zero-order valence-corrected chi connectivity index (χ0v) is 19.8. The Hall–Kier alpha value is -2.64. The normalized spacial score (nSPS) is 20.1. The average Bonchev–Trinajstić information content (AvgIpc) is 2.79. The lowest BCUT2D eigenvalue weighted by atomic mass is 10.2. The molecule has 0 saturated carbocycles. The number of nitrogens with zero attached hydrogens (tertiary/aromatic N) is 3. The monoisotopic (exact) mass is 439 g/mol. The standard InChI is InChI=1S/C25H37N5O2/c1-19(17-31-18-22-8-6-5-7-9-22)12-28-25(26-4)29-14-23-10-11-24(27-13-23)30-15-20(2)32-21(3)16-30/h5-11,13,19-21H,12,14-18H2,1-4H3,(H2,26,28,29).